The van der Waals surface area contributed by atoms with Gasteiger partial charge in [-0.25, -0.2) is 0 Å². The van der Waals surface area contributed by atoms with Gasteiger partial charge < -0.3 is 32.1 Å². The summed E-state index contributed by atoms with van der Waals surface area (Å²) in [5.41, 5.74) is 6.37. The molecule has 1 aromatic carbocycles. The fourth-order valence-electron chi connectivity index (χ4n) is 3.42. The van der Waals surface area contributed by atoms with Crippen molar-refractivity contribution in [2.75, 3.05) is 39.3 Å². The van der Waals surface area contributed by atoms with Crippen LogP contribution in [-0.4, -0.2) is 62.2 Å². The molecule has 2 amide bonds. The second kappa shape index (κ2) is 19.3. The maximum atomic E-state index is 12.7. The van der Waals surface area contributed by atoms with Crippen molar-refractivity contribution < 1.29 is 14.7 Å². The smallest absolute Gasteiger partial charge is 0.242 e. The average Bonchev–Trinajstić information content (AvgIpc) is 2.80. The Kier molecular flexibility index (Phi) is 16.9. The molecule has 33 heavy (non-hydrogen) atoms. The molecule has 1 aromatic rings. The van der Waals surface area contributed by atoms with Gasteiger partial charge in [-0.1, -0.05) is 19.1 Å². The molecule has 0 unspecified atom stereocenters. The molecule has 0 aliphatic rings. The van der Waals surface area contributed by atoms with Gasteiger partial charge in [0.15, 0.2) is 0 Å². The molecule has 0 radical (unpaired) electrons. The minimum absolute atomic E-state index is 0.119. The van der Waals surface area contributed by atoms with Crippen LogP contribution < -0.4 is 27.0 Å². The zero-order valence-corrected chi connectivity index (χ0v) is 20.3. The number of hydrogen-bond acceptors (Lipinski definition) is 6. The topological polar surface area (TPSA) is 129 Å². The monoisotopic (exact) mass is 463 g/mol. The maximum Gasteiger partial charge on any atom is 0.242 e. The summed E-state index contributed by atoms with van der Waals surface area (Å²) in [4.78, 5) is 24.7. The number of benzene rings is 1. The number of phenolic OH excluding ortho intramolecular Hbond substituents is 1. The molecule has 8 heteroatoms. The summed E-state index contributed by atoms with van der Waals surface area (Å²) in [6.45, 7) is 7.34. The predicted octanol–water partition coefficient (Wildman–Crippen LogP) is 1.81. The lowest BCUT2D eigenvalue weighted by Crippen LogP contribution is -2.48. The predicted molar refractivity (Wildman–Crippen MR) is 134 cm³/mol. The summed E-state index contributed by atoms with van der Waals surface area (Å²) < 4.78 is 0. The summed E-state index contributed by atoms with van der Waals surface area (Å²) in [6, 6.07) is 6.10. The summed E-state index contributed by atoms with van der Waals surface area (Å²) >= 11 is 0. The second-order valence-corrected chi connectivity index (χ2v) is 8.44. The highest BCUT2D eigenvalue weighted by Gasteiger charge is 2.20. The van der Waals surface area contributed by atoms with Gasteiger partial charge in [-0.3, -0.25) is 9.59 Å². The SMILES string of the molecule is CCCC(=O)N[C@@H](Cc1ccc(O)cc1)C(=O)NCCCCNCCCCNCCCCN. The van der Waals surface area contributed by atoms with E-state index in [2.05, 4.69) is 21.3 Å². The summed E-state index contributed by atoms with van der Waals surface area (Å²) in [7, 11) is 0. The van der Waals surface area contributed by atoms with Gasteiger partial charge in [0.25, 0.3) is 0 Å². The molecule has 0 saturated heterocycles. The zero-order valence-electron chi connectivity index (χ0n) is 20.3. The van der Waals surface area contributed by atoms with Crippen molar-refractivity contribution in [3.05, 3.63) is 29.8 Å². The highest BCUT2D eigenvalue weighted by molar-refractivity contribution is 5.87. The number of rotatable bonds is 20. The van der Waals surface area contributed by atoms with E-state index in [0.717, 1.165) is 83.2 Å². The van der Waals surface area contributed by atoms with E-state index in [9.17, 15) is 14.7 Å². The Morgan fingerprint density at radius 2 is 1.42 bits per heavy atom. The number of carbonyl (C=O) groups excluding carboxylic acids is 2. The van der Waals surface area contributed by atoms with Crippen molar-refractivity contribution in [1.82, 2.24) is 21.3 Å². The van der Waals surface area contributed by atoms with E-state index >= 15 is 0 Å². The highest BCUT2D eigenvalue weighted by Crippen LogP contribution is 2.11. The van der Waals surface area contributed by atoms with E-state index in [0.29, 0.717) is 19.4 Å². The van der Waals surface area contributed by atoms with Gasteiger partial charge in [0, 0.05) is 19.4 Å². The van der Waals surface area contributed by atoms with Crippen LogP contribution in [-0.2, 0) is 16.0 Å². The Hall–Kier alpha value is -2.16. The number of nitrogens with one attached hydrogen (secondary N) is 4. The van der Waals surface area contributed by atoms with Crippen molar-refractivity contribution in [3.63, 3.8) is 0 Å². The largest absolute Gasteiger partial charge is 0.508 e. The Morgan fingerprint density at radius 3 is 1.97 bits per heavy atom. The molecule has 0 fully saturated rings. The minimum atomic E-state index is -0.615. The summed E-state index contributed by atoms with van der Waals surface area (Å²) in [6.07, 6.45) is 7.95. The van der Waals surface area contributed by atoms with Crippen LogP contribution in [0.15, 0.2) is 24.3 Å². The molecule has 0 bridgehead atoms. The Labute approximate surface area is 199 Å². The maximum absolute atomic E-state index is 12.7. The number of unbranched alkanes of at least 4 members (excludes halogenated alkanes) is 3. The quantitative estimate of drug-likeness (QED) is 0.164. The summed E-state index contributed by atoms with van der Waals surface area (Å²) in [5, 5.41) is 22.1. The molecule has 1 atom stereocenters. The van der Waals surface area contributed by atoms with Crippen molar-refractivity contribution in [3.8, 4) is 5.75 Å². The molecule has 0 heterocycles. The fraction of sp³-hybridized carbons (Fsp3) is 0.680. The van der Waals surface area contributed by atoms with Crippen LogP contribution in [0.25, 0.3) is 0 Å². The molecule has 1 rings (SSSR count). The van der Waals surface area contributed by atoms with E-state index in [1.54, 1.807) is 24.3 Å². The van der Waals surface area contributed by atoms with E-state index in [1.807, 2.05) is 6.92 Å². The van der Waals surface area contributed by atoms with Crippen molar-refractivity contribution in [2.45, 2.75) is 70.8 Å². The second-order valence-electron chi connectivity index (χ2n) is 8.44. The van der Waals surface area contributed by atoms with Gasteiger partial charge in [0.1, 0.15) is 11.8 Å². The van der Waals surface area contributed by atoms with Gasteiger partial charge in [-0.2, -0.15) is 0 Å². The Bertz CT molecular complexity index is 639. The fourth-order valence-corrected chi connectivity index (χ4v) is 3.42. The molecule has 0 aliphatic carbocycles. The van der Waals surface area contributed by atoms with Crippen LogP contribution in [0.1, 0.15) is 63.9 Å². The Balaban J connectivity index is 2.18. The van der Waals surface area contributed by atoms with E-state index in [-0.39, 0.29) is 17.6 Å². The zero-order chi connectivity index (χ0) is 24.2. The van der Waals surface area contributed by atoms with Gasteiger partial charge >= 0.3 is 0 Å². The first kappa shape index (κ1) is 28.9. The van der Waals surface area contributed by atoms with Crippen LogP contribution >= 0.6 is 0 Å². The number of amides is 2. The van der Waals surface area contributed by atoms with E-state index in [4.69, 9.17) is 5.73 Å². The Morgan fingerprint density at radius 1 is 0.879 bits per heavy atom. The summed E-state index contributed by atoms with van der Waals surface area (Å²) in [5.74, 6) is -0.107. The molecule has 0 aromatic heterocycles. The van der Waals surface area contributed by atoms with E-state index in [1.165, 1.54) is 0 Å². The highest BCUT2D eigenvalue weighted by atomic mass is 16.3. The number of phenols is 1. The van der Waals surface area contributed by atoms with Gasteiger partial charge in [0.05, 0.1) is 0 Å². The molecule has 0 aliphatic heterocycles. The first-order valence-corrected chi connectivity index (χ1v) is 12.5. The van der Waals surface area contributed by atoms with Crippen molar-refractivity contribution >= 4 is 11.8 Å². The van der Waals surface area contributed by atoms with Gasteiger partial charge in [-0.05, 0) is 95.4 Å². The first-order valence-electron chi connectivity index (χ1n) is 12.5. The van der Waals surface area contributed by atoms with Gasteiger partial charge in [-0.15, -0.1) is 0 Å². The molecule has 0 saturated carbocycles. The van der Waals surface area contributed by atoms with Gasteiger partial charge in [0.2, 0.25) is 11.8 Å². The number of nitrogens with two attached hydrogens (primary N) is 1. The molecular formula is C25H45N5O3. The molecular weight excluding hydrogens is 418 g/mol. The van der Waals surface area contributed by atoms with Crippen molar-refractivity contribution in [1.29, 1.82) is 0 Å². The lowest BCUT2D eigenvalue weighted by molar-refractivity contribution is -0.129. The number of aromatic hydroxyl groups is 1. The third kappa shape index (κ3) is 15.3. The van der Waals surface area contributed by atoms with Crippen LogP contribution in [0, 0.1) is 0 Å². The van der Waals surface area contributed by atoms with E-state index < -0.39 is 6.04 Å². The van der Waals surface area contributed by atoms with Crippen LogP contribution in [0.4, 0.5) is 0 Å². The third-order valence-corrected chi connectivity index (χ3v) is 5.35. The first-order chi connectivity index (χ1) is 16.1. The number of carbonyl (C=O) groups is 2. The van der Waals surface area contributed by atoms with Crippen LogP contribution in [0.5, 0.6) is 5.75 Å². The number of hydrogen-bond donors (Lipinski definition) is 6. The molecule has 188 valence electrons. The average molecular weight is 464 g/mol. The normalized spacial score (nSPS) is 11.8. The van der Waals surface area contributed by atoms with Crippen molar-refractivity contribution in [2.24, 2.45) is 5.73 Å². The molecule has 8 nitrogen and oxygen atoms in total. The lowest BCUT2D eigenvalue weighted by Gasteiger charge is -2.19. The third-order valence-electron chi connectivity index (χ3n) is 5.35. The lowest BCUT2D eigenvalue weighted by atomic mass is 10.0. The standard InChI is InChI=1S/C25H45N5O3/c1-2-9-24(32)30-23(20-21-10-12-22(31)13-11-21)25(33)29-19-8-7-18-28-17-6-5-16-27-15-4-3-14-26/h10-13,23,27-28,31H,2-9,14-20,26H2,1H3,(H,29,33)(H,30,32)/t23-/m0/s1. The molecule has 0 spiro atoms. The molecule has 7 N–H and O–H groups in total. The van der Waals surface area contributed by atoms with Crippen LogP contribution in [0.3, 0.4) is 0 Å². The minimum Gasteiger partial charge on any atom is -0.508 e. The van der Waals surface area contributed by atoms with Crippen LogP contribution in [0.2, 0.25) is 0 Å².